The van der Waals surface area contributed by atoms with E-state index in [1.807, 2.05) is 0 Å². The number of carbonyl (C=O) groups is 2. The van der Waals surface area contributed by atoms with Crippen LogP contribution in [-0.2, 0) is 22.3 Å². The molecule has 0 unspecified atom stereocenters. The molecule has 13 heteroatoms. The molecule has 0 saturated heterocycles. The van der Waals surface area contributed by atoms with E-state index in [2.05, 4.69) is 30.9 Å². The molecule has 0 bridgehead atoms. The highest BCUT2D eigenvalue weighted by atomic mass is 19.4. The van der Waals surface area contributed by atoms with Crippen LogP contribution in [0.4, 0.5) is 24.9 Å². The minimum Gasteiger partial charge on any atom is -0.480 e. The van der Waals surface area contributed by atoms with Crippen LogP contribution in [0.5, 0.6) is 0 Å². The van der Waals surface area contributed by atoms with Gasteiger partial charge in [-0.15, -0.1) is 0 Å². The minimum atomic E-state index is -4.43. The molecule has 1 aliphatic rings. The molecular formula is C26H30F3N7O3. The Balaban J connectivity index is 1.52. The first-order chi connectivity index (χ1) is 18.7. The Morgan fingerprint density at radius 3 is 2.49 bits per heavy atom. The number of aromatic nitrogens is 4. The van der Waals surface area contributed by atoms with E-state index in [0.29, 0.717) is 29.5 Å². The average molecular weight is 546 g/mol. The standard InChI is InChI=1S/C26H30F3N7O3/c27-26(28,29)19-8-6-18(7-9-19)14-31-24(39)20(12-17-4-2-1-3-5-17)33-21-13-22(36-11-10-30-16-36)35-25(34-21)32-15-23(37)38/h6-11,13,16-17,20H,1-5,12,14-15H2,(H,31,39)(H,37,38)(H2,32,33,34,35)/t20-/m1/s1. The Bertz CT molecular complexity index is 1240. The smallest absolute Gasteiger partial charge is 0.416 e. The molecule has 4 rings (SSSR count). The average Bonchev–Trinajstić information content (AvgIpc) is 3.46. The maximum absolute atomic E-state index is 13.3. The Morgan fingerprint density at radius 2 is 1.85 bits per heavy atom. The van der Waals surface area contributed by atoms with Crippen molar-refractivity contribution in [3.05, 3.63) is 60.2 Å². The number of rotatable bonds is 11. The quantitative estimate of drug-likeness (QED) is 0.281. The summed E-state index contributed by atoms with van der Waals surface area (Å²) in [6.07, 6.45) is 6.22. The van der Waals surface area contributed by atoms with Gasteiger partial charge in [-0.1, -0.05) is 44.2 Å². The van der Waals surface area contributed by atoms with Crippen LogP contribution in [0, 0.1) is 5.92 Å². The van der Waals surface area contributed by atoms with Gasteiger partial charge in [0.15, 0.2) is 0 Å². The summed E-state index contributed by atoms with van der Waals surface area (Å²) >= 11 is 0. The number of amides is 1. The predicted molar refractivity (Wildman–Crippen MR) is 137 cm³/mol. The first kappa shape index (κ1) is 27.9. The third-order valence-corrected chi connectivity index (χ3v) is 6.56. The Morgan fingerprint density at radius 1 is 1.10 bits per heavy atom. The van der Waals surface area contributed by atoms with Gasteiger partial charge in [0.2, 0.25) is 11.9 Å². The molecular weight excluding hydrogens is 515 g/mol. The first-order valence-electron chi connectivity index (χ1n) is 12.7. The summed E-state index contributed by atoms with van der Waals surface area (Å²) in [6, 6.07) is 5.61. The normalized spacial score (nSPS) is 14.9. The van der Waals surface area contributed by atoms with E-state index >= 15 is 0 Å². The van der Waals surface area contributed by atoms with E-state index < -0.39 is 30.3 Å². The number of hydrogen-bond acceptors (Lipinski definition) is 7. The molecule has 1 aliphatic carbocycles. The van der Waals surface area contributed by atoms with Gasteiger partial charge in [0, 0.05) is 25.0 Å². The summed E-state index contributed by atoms with van der Waals surface area (Å²) < 4.78 is 40.3. The maximum atomic E-state index is 13.3. The van der Waals surface area contributed by atoms with Crippen LogP contribution in [0.25, 0.3) is 5.82 Å². The molecule has 1 atom stereocenters. The largest absolute Gasteiger partial charge is 0.480 e. The molecule has 1 amide bonds. The number of nitrogens with zero attached hydrogens (tertiary/aromatic N) is 4. The molecule has 10 nitrogen and oxygen atoms in total. The van der Waals surface area contributed by atoms with Crippen molar-refractivity contribution in [2.75, 3.05) is 17.2 Å². The monoisotopic (exact) mass is 545 g/mol. The fourth-order valence-corrected chi connectivity index (χ4v) is 4.56. The zero-order valence-electron chi connectivity index (χ0n) is 21.1. The molecule has 4 N–H and O–H groups in total. The van der Waals surface area contributed by atoms with E-state index in [-0.39, 0.29) is 18.4 Å². The molecule has 2 heterocycles. The Labute approximate surface area is 223 Å². The van der Waals surface area contributed by atoms with Gasteiger partial charge < -0.3 is 21.1 Å². The summed E-state index contributed by atoms with van der Waals surface area (Å²) in [5.41, 5.74) is -0.212. The zero-order valence-corrected chi connectivity index (χ0v) is 21.1. The molecule has 1 saturated carbocycles. The van der Waals surface area contributed by atoms with Crippen LogP contribution in [-0.4, -0.2) is 49.1 Å². The molecule has 1 fully saturated rings. The second kappa shape index (κ2) is 12.6. The number of halogens is 3. The van der Waals surface area contributed by atoms with Crippen LogP contribution < -0.4 is 16.0 Å². The number of benzene rings is 1. The lowest BCUT2D eigenvalue weighted by molar-refractivity contribution is -0.137. The van der Waals surface area contributed by atoms with Crippen molar-refractivity contribution in [2.24, 2.45) is 5.92 Å². The topological polar surface area (TPSA) is 134 Å². The lowest BCUT2D eigenvalue weighted by Crippen LogP contribution is -2.41. The van der Waals surface area contributed by atoms with E-state index in [1.54, 1.807) is 23.0 Å². The number of alkyl halides is 3. The number of anilines is 2. The summed E-state index contributed by atoms with van der Waals surface area (Å²) in [4.78, 5) is 37.1. The number of hydrogen-bond donors (Lipinski definition) is 4. The highest BCUT2D eigenvalue weighted by Crippen LogP contribution is 2.30. The number of carboxylic acid groups (broad SMARTS) is 1. The number of imidazole rings is 1. The molecule has 3 aromatic rings. The summed E-state index contributed by atoms with van der Waals surface area (Å²) in [5, 5.41) is 17.7. The number of carboxylic acids is 1. The van der Waals surface area contributed by atoms with Crippen molar-refractivity contribution < 1.29 is 27.9 Å². The Kier molecular flexibility index (Phi) is 8.99. The van der Waals surface area contributed by atoms with E-state index in [0.717, 1.165) is 44.2 Å². The second-order valence-electron chi connectivity index (χ2n) is 9.50. The van der Waals surface area contributed by atoms with Gasteiger partial charge >= 0.3 is 12.1 Å². The fraction of sp³-hybridized carbons (Fsp3) is 0.423. The molecule has 208 valence electrons. The van der Waals surface area contributed by atoms with Crippen molar-refractivity contribution in [3.8, 4) is 5.82 Å². The third-order valence-electron chi connectivity index (χ3n) is 6.56. The van der Waals surface area contributed by atoms with Crippen LogP contribution in [0.15, 0.2) is 49.1 Å². The molecule has 0 radical (unpaired) electrons. The minimum absolute atomic E-state index is 0.0627. The third kappa shape index (κ3) is 8.16. The van der Waals surface area contributed by atoms with Crippen LogP contribution in [0.1, 0.15) is 49.7 Å². The lowest BCUT2D eigenvalue weighted by atomic mass is 9.84. The molecule has 39 heavy (non-hydrogen) atoms. The fourth-order valence-electron chi connectivity index (χ4n) is 4.56. The predicted octanol–water partition coefficient (Wildman–Crippen LogP) is 4.24. The van der Waals surface area contributed by atoms with Gasteiger partial charge in [-0.3, -0.25) is 14.2 Å². The molecule has 0 spiro atoms. The molecule has 1 aromatic carbocycles. The van der Waals surface area contributed by atoms with Gasteiger partial charge in [0.25, 0.3) is 0 Å². The highest BCUT2D eigenvalue weighted by Gasteiger charge is 2.30. The number of carbonyl (C=O) groups excluding carboxylic acids is 1. The van der Waals surface area contributed by atoms with Crippen LogP contribution in [0.3, 0.4) is 0 Å². The van der Waals surface area contributed by atoms with Gasteiger partial charge in [0.1, 0.15) is 30.5 Å². The Hall–Kier alpha value is -4.16. The SMILES string of the molecule is O=C(O)CNc1nc(N[C@H](CC2CCCCC2)C(=O)NCc2ccc(C(F)(F)F)cc2)cc(-n2ccnc2)n1. The first-order valence-corrected chi connectivity index (χ1v) is 12.7. The summed E-state index contributed by atoms with van der Waals surface area (Å²) in [6.45, 7) is -0.332. The van der Waals surface area contributed by atoms with Gasteiger partial charge in [-0.2, -0.15) is 23.1 Å². The summed E-state index contributed by atoms with van der Waals surface area (Å²) in [7, 11) is 0. The summed E-state index contributed by atoms with van der Waals surface area (Å²) in [5.74, 6) is -0.283. The van der Waals surface area contributed by atoms with Crippen LogP contribution in [0.2, 0.25) is 0 Å². The van der Waals surface area contributed by atoms with E-state index in [1.165, 1.54) is 18.5 Å². The molecule has 2 aromatic heterocycles. The maximum Gasteiger partial charge on any atom is 0.416 e. The number of aliphatic carboxylic acids is 1. The van der Waals surface area contributed by atoms with Crippen molar-refractivity contribution in [2.45, 2.75) is 57.3 Å². The van der Waals surface area contributed by atoms with Gasteiger partial charge in [0.05, 0.1) is 5.56 Å². The van der Waals surface area contributed by atoms with Gasteiger partial charge in [-0.05, 0) is 30.0 Å². The highest BCUT2D eigenvalue weighted by molar-refractivity contribution is 5.84. The van der Waals surface area contributed by atoms with Crippen molar-refractivity contribution in [1.82, 2.24) is 24.8 Å². The van der Waals surface area contributed by atoms with Crippen molar-refractivity contribution >= 4 is 23.6 Å². The second-order valence-corrected chi connectivity index (χ2v) is 9.50. The van der Waals surface area contributed by atoms with E-state index in [4.69, 9.17) is 5.11 Å². The lowest BCUT2D eigenvalue weighted by Gasteiger charge is -2.27. The van der Waals surface area contributed by atoms with Crippen molar-refractivity contribution in [1.29, 1.82) is 0 Å². The zero-order chi connectivity index (χ0) is 27.8. The van der Waals surface area contributed by atoms with E-state index in [9.17, 15) is 22.8 Å². The van der Waals surface area contributed by atoms with Crippen molar-refractivity contribution in [3.63, 3.8) is 0 Å². The van der Waals surface area contributed by atoms with Crippen LogP contribution >= 0.6 is 0 Å². The number of nitrogens with one attached hydrogen (secondary N) is 3. The molecule has 0 aliphatic heterocycles. The van der Waals surface area contributed by atoms with Gasteiger partial charge in [-0.25, -0.2) is 4.98 Å².